The molecule has 0 aliphatic heterocycles. The molecular weight excluding hydrogens is 280 g/mol. The Labute approximate surface area is 139 Å². The van der Waals surface area contributed by atoms with Gasteiger partial charge in [-0.2, -0.15) is 7.05 Å². The lowest BCUT2D eigenvalue weighted by molar-refractivity contribution is 0.116. The van der Waals surface area contributed by atoms with Gasteiger partial charge in [-0.1, -0.05) is 39.0 Å². The van der Waals surface area contributed by atoms with Gasteiger partial charge in [0.2, 0.25) is 0 Å². The van der Waals surface area contributed by atoms with Crippen molar-refractivity contribution in [3.05, 3.63) is 53.5 Å². The summed E-state index contributed by atoms with van der Waals surface area (Å²) in [5.41, 5.74) is 4.53. The summed E-state index contributed by atoms with van der Waals surface area (Å²) in [7, 11) is 1.99. The summed E-state index contributed by atoms with van der Waals surface area (Å²) in [6.45, 7) is 11.3. The molecule has 1 heterocycles. The SMILES string of the molecule is C=C[C@@]1(C)CC[C@H]2[C@@H](c3c[nH]c4cccc(c34)C2(C)C)[C@H]1[N-]C. The van der Waals surface area contributed by atoms with Gasteiger partial charge in [0, 0.05) is 17.1 Å². The summed E-state index contributed by atoms with van der Waals surface area (Å²) in [5, 5.41) is 6.32. The van der Waals surface area contributed by atoms with Gasteiger partial charge in [0.25, 0.3) is 0 Å². The van der Waals surface area contributed by atoms with Crippen molar-refractivity contribution >= 4 is 10.9 Å². The second-order valence-corrected chi connectivity index (χ2v) is 8.28. The molecule has 4 rings (SSSR count). The number of hydrogen-bond acceptors (Lipinski definition) is 0. The van der Waals surface area contributed by atoms with E-state index in [0.29, 0.717) is 17.9 Å². The molecule has 0 unspecified atom stereocenters. The van der Waals surface area contributed by atoms with E-state index in [4.69, 9.17) is 5.32 Å². The summed E-state index contributed by atoms with van der Waals surface area (Å²) in [5.74, 6) is 1.12. The molecule has 1 N–H and O–H groups in total. The van der Waals surface area contributed by atoms with Crippen molar-refractivity contribution in [3.63, 3.8) is 0 Å². The maximum absolute atomic E-state index is 4.88. The first kappa shape index (κ1) is 15.0. The van der Waals surface area contributed by atoms with Crippen LogP contribution in [0.3, 0.4) is 0 Å². The van der Waals surface area contributed by atoms with Crippen molar-refractivity contribution in [1.82, 2.24) is 4.98 Å². The molecule has 1 saturated carbocycles. The van der Waals surface area contributed by atoms with Crippen molar-refractivity contribution < 1.29 is 0 Å². The van der Waals surface area contributed by atoms with Crippen LogP contribution in [0.4, 0.5) is 0 Å². The molecule has 1 aromatic heterocycles. The first-order valence-electron chi connectivity index (χ1n) is 8.77. The van der Waals surface area contributed by atoms with Crippen LogP contribution in [0.1, 0.15) is 50.7 Å². The molecule has 23 heavy (non-hydrogen) atoms. The first-order chi connectivity index (χ1) is 10.9. The van der Waals surface area contributed by atoms with Crippen LogP contribution in [0.5, 0.6) is 0 Å². The van der Waals surface area contributed by atoms with Crippen LogP contribution in [-0.4, -0.2) is 18.1 Å². The maximum atomic E-state index is 4.88. The van der Waals surface area contributed by atoms with Gasteiger partial charge in [0.15, 0.2) is 0 Å². The fourth-order valence-corrected chi connectivity index (χ4v) is 5.51. The molecule has 4 atom stereocenters. The summed E-state index contributed by atoms with van der Waals surface area (Å²) in [6.07, 6.45) is 6.82. The quantitative estimate of drug-likeness (QED) is 0.708. The Kier molecular flexibility index (Phi) is 3.09. The molecule has 2 aliphatic rings. The predicted octanol–water partition coefficient (Wildman–Crippen LogP) is 5.52. The number of aromatic amines is 1. The number of H-pyrrole nitrogens is 1. The highest BCUT2D eigenvalue weighted by molar-refractivity contribution is 5.89. The van der Waals surface area contributed by atoms with Gasteiger partial charge in [0.1, 0.15) is 0 Å². The van der Waals surface area contributed by atoms with Crippen molar-refractivity contribution in [2.24, 2.45) is 11.3 Å². The molecule has 0 saturated heterocycles. The lowest BCUT2D eigenvalue weighted by Crippen LogP contribution is -2.49. The van der Waals surface area contributed by atoms with E-state index in [1.807, 2.05) is 7.05 Å². The topological polar surface area (TPSA) is 29.9 Å². The Hall–Kier alpha value is -1.54. The third-order valence-corrected chi connectivity index (χ3v) is 6.90. The standard InChI is InChI=1S/C21H27N2/c1-6-21(4)11-10-15-18(19(21)22-5)13-12-23-16-9-7-8-14(17(13)16)20(15,2)3/h6-9,12,15,18-19,23H,1,10-11H2,2-5H3/q-1/t15-,18+,19+,21-/m0/s1. The summed E-state index contributed by atoms with van der Waals surface area (Å²) in [6, 6.07) is 7.03. The number of fused-ring (bicyclic) bond motifs is 2. The van der Waals surface area contributed by atoms with E-state index in [9.17, 15) is 0 Å². The number of likely N-dealkylation sites (N-methyl/N-ethyl adjacent to an activating group) is 1. The highest BCUT2D eigenvalue weighted by Gasteiger charge is 2.50. The zero-order chi connectivity index (χ0) is 16.4. The molecule has 2 nitrogen and oxygen atoms in total. The molecule has 0 radical (unpaired) electrons. The van der Waals surface area contributed by atoms with E-state index in [1.165, 1.54) is 34.9 Å². The van der Waals surface area contributed by atoms with Crippen molar-refractivity contribution in [2.75, 3.05) is 7.05 Å². The normalized spacial score (nSPS) is 35.0. The highest BCUT2D eigenvalue weighted by atomic mass is 14.9. The number of nitrogens with one attached hydrogen (secondary N) is 1. The van der Waals surface area contributed by atoms with Crippen LogP contribution in [0.15, 0.2) is 37.1 Å². The van der Waals surface area contributed by atoms with E-state index in [1.54, 1.807) is 0 Å². The molecule has 1 fully saturated rings. The average Bonchev–Trinajstić information content (AvgIpc) is 2.97. The van der Waals surface area contributed by atoms with E-state index < -0.39 is 0 Å². The van der Waals surface area contributed by atoms with E-state index in [0.717, 1.165) is 0 Å². The Morgan fingerprint density at radius 1 is 1.30 bits per heavy atom. The number of nitrogens with zero attached hydrogens (tertiary/aromatic N) is 1. The smallest absolute Gasteiger partial charge is 0.0459 e. The molecule has 2 heteroatoms. The molecule has 2 aromatic rings. The van der Waals surface area contributed by atoms with Gasteiger partial charge >= 0.3 is 0 Å². The van der Waals surface area contributed by atoms with Gasteiger partial charge in [-0.05, 0) is 52.7 Å². The third kappa shape index (κ3) is 1.79. The lowest BCUT2D eigenvalue weighted by atomic mass is 9.51. The second kappa shape index (κ2) is 4.73. The fraction of sp³-hybridized carbons (Fsp3) is 0.524. The largest absolute Gasteiger partial charge is 0.661 e. The van der Waals surface area contributed by atoms with Crippen molar-refractivity contribution in [3.8, 4) is 0 Å². The first-order valence-corrected chi connectivity index (χ1v) is 8.77. The lowest BCUT2D eigenvalue weighted by Gasteiger charge is -2.60. The second-order valence-electron chi connectivity index (χ2n) is 8.28. The van der Waals surface area contributed by atoms with Crippen molar-refractivity contribution in [2.45, 2.75) is 51.0 Å². The van der Waals surface area contributed by atoms with Gasteiger partial charge < -0.3 is 10.3 Å². The molecule has 1 aromatic carbocycles. The van der Waals surface area contributed by atoms with E-state index in [2.05, 4.69) is 62.8 Å². The van der Waals surface area contributed by atoms with Crippen LogP contribution < -0.4 is 0 Å². The molecule has 2 aliphatic carbocycles. The van der Waals surface area contributed by atoms with Crippen LogP contribution in [0.2, 0.25) is 0 Å². The fourth-order valence-electron chi connectivity index (χ4n) is 5.51. The Bertz CT molecular complexity index is 769. The number of hydrogen-bond donors (Lipinski definition) is 1. The summed E-state index contributed by atoms with van der Waals surface area (Å²) in [4.78, 5) is 3.51. The Morgan fingerprint density at radius 2 is 2.09 bits per heavy atom. The molecule has 0 spiro atoms. The van der Waals surface area contributed by atoms with Gasteiger partial charge in [-0.15, -0.1) is 12.6 Å². The van der Waals surface area contributed by atoms with Crippen LogP contribution in [-0.2, 0) is 5.41 Å². The maximum Gasteiger partial charge on any atom is 0.0459 e. The highest BCUT2D eigenvalue weighted by Crippen LogP contribution is 2.60. The van der Waals surface area contributed by atoms with Gasteiger partial charge in [-0.25, -0.2) is 0 Å². The molecule has 122 valence electrons. The van der Waals surface area contributed by atoms with E-state index >= 15 is 0 Å². The van der Waals surface area contributed by atoms with E-state index in [-0.39, 0.29) is 10.8 Å². The summed E-state index contributed by atoms with van der Waals surface area (Å²) < 4.78 is 0. The van der Waals surface area contributed by atoms with Gasteiger partial charge in [0.05, 0.1) is 0 Å². The summed E-state index contributed by atoms with van der Waals surface area (Å²) >= 11 is 0. The minimum absolute atomic E-state index is 0.0991. The van der Waals surface area contributed by atoms with Crippen LogP contribution >= 0.6 is 0 Å². The Morgan fingerprint density at radius 3 is 2.78 bits per heavy atom. The zero-order valence-electron chi connectivity index (χ0n) is 14.7. The molecular formula is C21H27N2-. The van der Waals surface area contributed by atoms with Crippen LogP contribution in [0, 0.1) is 11.3 Å². The molecule has 0 amide bonds. The predicted molar refractivity (Wildman–Crippen MR) is 98.2 cm³/mol. The minimum atomic E-state index is 0.0991. The van der Waals surface area contributed by atoms with Crippen molar-refractivity contribution in [1.29, 1.82) is 0 Å². The number of benzene rings is 1. The van der Waals surface area contributed by atoms with Crippen LogP contribution in [0.25, 0.3) is 16.2 Å². The Balaban J connectivity index is 2.00. The average molecular weight is 307 g/mol. The minimum Gasteiger partial charge on any atom is -0.661 e. The van der Waals surface area contributed by atoms with Gasteiger partial charge in [-0.3, -0.25) is 0 Å². The zero-order valence-corrected chi connectivity index (χ0v) is 14.7. The molecule has 0 bridgehead atoms. The number of rotatable bonds is 2. The monoisotopic (exact) mass is 307 g/mol. The number of aromatic nitrogens is 1. The third-order valence-electron chi connectivity index (χ3n) is 6.90.